The van der Waals surface area contributed by atoms with Crippen molar-refractivity contribution in [2.75, 3.05) is 26.7 Å². The number of rotatable bonds is 4. The smallest absolute Gasteiger partial charge is 0.123 e. The van der Waals surface area contributed by atoms with E-state index in [2.05, 4.69) is 36.4 Å². The molecule has 0 spiro atoms. The molecule has 1 aromatic heterocycles. The number of hydrogen-bond donors (Lipinski definition) is 1. The van der Waals surface area contributed by atoms with Gasteiger partial charge in [0.25, 0.3) is 0 Å². The quantitative estimate of drug-likeness (QED) is 0.909. The van der Waals surface area contributed by atoms with Gasteiger partial charge in [0, 0.05) is 30.6 Å². The van der Waals surface area contributed by atoms with Crippen LogP contribution in [0.2, 0.25) is 0 Å². The lowest BCUT2D eigenvalue weighted by atomic mass is 10.2. The second-order valence-corrected chi connectivity index (χ2v) is 5.96. The first-order chi connectivity index (χ1) is 8.61. The molecular weight excluding hydrogens is 246 g/mol. The Hall–Kier alpha value is -0.490. The molecule has 0 aliphatic carbocycles. The molecule has 2 unspecified atom stereocenters. The van der Waals surface area contributed by atoms with E-state index in [9.17, 15) is 0 Å². The predicted octanol–water partition coefficient (Wildman–Crippen LogP) is 2.21. The molecule has 0 radical (unpaired) electrons. The zero-order valence-corrected chi connectivity index (χ0v) is 12.5. The maximum Gasteiger partial charge on any atom is 0.123 e. The van der Waals surface area contributed by atoms with E-state index in [-0.39, 0.29) is 6.10 Å². The Morgan fingerprint density at radius 1 is 1.50 bits per heavy atom. The lowest BCUT2D eigenvalue weighted by molar-refractivity contribution is -0.0403. The molecule has 1 fully saturated rings. The van der Waals surface area contributed by atoms with Crippen molar-refractivity contribution in [1.82, 2.24) is 15.2 Å². The molecule has 1 saturated heterocycles. The first-order valence-electron chi connectivity index (χ1n) is 6.60. The first kappa shape index (κ1) is 13.9. The largest absolute Gasteiger partial charge is 0.368 e. The first-order valence-corrected chi connectivity index (χ1v) is 7.48. The average Bonchev–Trinajstić information content (AvgIpc) is 2.87. The van der Waals surface area contributed by atoms with Crippen molar-refractivity contribution in [3.63, 3.8) is 0 Å². The van der Waals surface area contributed by atoms with Crippen molar-refractivity contribution in [3.8, 4) is 0 Å². The third kappa shape index (κ3) is 3.09. The van der Waals surface area contributed by atoms with Crippen LogP contribution in [0.4, 0.5) is 0 Å². The highest BCUT2D eigenvalue weighted by atomic mass is 32.1. The average molecular weight is 269 g/mol. The van der Waals surface area contributed by atoms with Crippen LogP contribution in [0, 0.1) is 0 Å². The van der Waals surface area contributed by atoms with Gasteiger partial charge in [-0.1, -0.05) is 0 Å². The molecule has 18 heavy (non-hydrogen) atoms. The normalized spacial score (nSPS) is 23.5. The van der Waals surface area contributed by atoms with Crippen LogP contribution >= 0.6 is 11.3 Å². The van der Waals surface area contributed by atoms with Crippen LogP contribution in [0.3, 0.4) is 0 Å². The van der Waals surface area contributed by atoms with E-state index in [0.717, 1.165) is 30.4 Å². The monoisotopic (exact) mass is 269 g/mol. The Kier molecular flexibility index (Phi) is 4.72. The maximum atomic E-state index is 5.86. The van der Waals surface area contributed by atoms with E-state index < -0.39 is 0 Å². The van der Waals surface area contributed by atoms with Gasteiger partial charge >= 0.3 is 0 Å². The van der Waals surface area contributed by atoms with Crippen molar-refractivity contribution in [1.29, 1.82) is 0 Å². The van der Waals surface area contributed by atoms with Gasteiger partial charge in [0.15, 0.2) is 0 Å². The molecule has 1 N–H and O–H groups in total. The third-order valence-electron chi connectivity index (χ3n) is 3.52. The fourth-order valence-electron chi connectivity index (χ4n) is 2.08. The number of aromatic nitrogens is 1. The number of hydrogen-bond acceptors (Lipinski definition) is 5. The fourth-order valence-corrected chi connectivity index (χ4v) is 3.03. The minimum absolute atomic E-state index is 0.143. The maximum absolute atomic E-state index is 5.86. The van der Waals surface area contributed by atoms with E-state index in [1.54, 1.807) is 11.3 Å². The predicted molar refractivity (Wildman–Crippen MR) is 75.0 cm³/mol. The van der Waals surface area contributed by atoms with E-state index >= 15 is 0 Å². The summed E-state index contributed by atoms with van der Waals surface area (Å²) in [5, 5.41) is 6.46. The zero-order valence-electron chi connectivity index (χ0n) is 11.6. The molecule has 2 atom stereocenters. The second kappa shape index (κ2) is 6.10. The van der Waals surface area contributed by atoms with Crippen LogP contribution in [0.5, 0.6) is 0 Å². The number of nitrogens with one attached hydrogen (secondary N) is 1. The Morgan fingerprint density at radius 2 is 2.28 bits per heavy atom. The van der Waals surface area contributed by atoms with Crippen LogP contribution in [-0.2, 0) is 4.74 Å². The molecule has 0 bridgehead atoms. The molecule has 1 aromatic rings. The Labute approximate surface area is 113 Å². The van der Waals surface area contributed by atoms with Crippen LogP contribution in [0.15, 0.2) is 5.38 Å². The van der Waals surface area contributed by atoms with Gasteiger partial charge in [-0.25, -0.2) is 4.98 Å². The van der Waals surface area contributed by atoms with Crippen molar-refractivity contribution in [2.45, 2.75) is 39.0 Å². The summed E-state index contributed by atoms with van der Waals surface area (Å²) in [6, 6.07) is 0.881. The van der Waals surface area contributed by atoms with Gasteiger partial charge < -0.3 is 10.1 Å². The molecule has 0 saturated carbocycles. The highest BCUT2D eigenvalue weighted by Gasteiger charge is 2.26. The summed E-state index contributed by atoms with van der Waals surface area (Å²) in [7, 11) is 1.96. The van der Waals surface area contributed by atoms with Gasteiger partial charge in [-0.15, -0.1) is 11.3 Å². The minimum atomic E-state index is 0.143. The van der Waals surface area contributed by atoms with Gasteiger partial charge in [-0.2, -0.15) is 0 Å². The van der Waals surface area contributed by atoms with E-state index in [4.69, 9.17) is 9.72 Å². The molecule has 0 amide bonds. The van der Waals surface area contributed by atoms with Crippen molar-refractivity contribution in [3.05, 3.63) is 16.1 Å². The number of thiazole rings is 1. The summed E-state index contributed by atoms with van der Waals surface area (Å²) < 4.78 is 5.86. The summed E-state index contributed by atoms with van der Waals surface area (Å²) in [5.74, 6) is 0. The number of nitrogens with zero attached hydrogens (tertiary/aromatic N) is 2. The number of morpholine rings is 1. The molecule has 1 aliphatic rings. The van der Waals surface area contributed by atoms with Gasteiger partial charge in [-0.05, 0) is 27.8 Å². The highest BCUT2D eigenvalue weighted by Crippen LogP contribution is 2.27. The number of ether oxygens (including phenoxy) is 1. The van der Waals surface area contributed by atoms with Crippen molar-refractivity contribution in [2.24, 2.45) is 0 Å². The second-order valence-electron chi connectivity index (χ2n) is 5.07. The molecule has 2 heterocycles. The zero-order chi connectivity index (χ0) is 13.1. The Balaban J connectivity index is 2.04. The summed E-state index contributed by atoms with van der Waals surface area (Å²) in [6.07, 6.45) is 0.143. The molecule has 0 aromatic carbocycles. The van der Waals surface area contributed by atoms with E-state index in [1.165, 1.54) is 0 Å². The molecule has 2 rings (SSSR count). The Bertz CT molecular complexity index is 380. The molecule has 1 aliphatic heterocycles. The third-order valence-corrected chi connectivity index (χ3v) is 4.47. The standard InChI is InChI=1S/C13H23N3OS/c1-9(2)16-5-6-17-12(7-16)13-15-11(8-18-13)10(3)14-4/h8-10,12,14H,5-7H2,1-4H3. The Morgan fingerprint density at radius 3 is 2.94 bits per heavy atom. The summed E-state index contributed by atoms with van der Waals surface area (Å²) in [5.41, 5.74) is 1.11. The van der Waals surface area contributed by atoms with E-state index in [1.807, 2.05) is 7.05 Å². The summed E-state index contributed by atoms with van der Waals surface area (Å²) in [4.78, 5) is 7.16. The topological polar surface area (TPSA) is 37.4 Å². The molecule has 102 valence electrons. The summed E-state index contributed by atoms with van der Waals surface area (Å²) in [6.45, 7) is 9.38. The van der Waals surface area contributed by atoms with Crippen molar-refractivity contribution >= 4 is 11.3 Å². The van der Waals surface area contributed by atoms with Gasteiger partial charge in [0.1, 0.15) is 11.1 Å². The van der Waals surface area contributed by atoms with E-state index in [0.29, 0.717) is 12.1 Å². The van der Waals surface area contributed by atoms with Crippen molar-refractivity contribution < 1.29 is 4.74 Å². The van der Waals surface area contributed by atoms with Crippen LogP contribution in [0.25, 0.3) is 0 Å². The molecule has 4 nitrogen and oxygen atoms in total. The fraction of sp³-hybridized carbons (Fsp3) is 0.769. The van der Waals surface area contributed by atoms with Gasteiger partial charge in [0.05, 0.1) is 12.3 Å². The van der Waals surface area contributed by atoms with Crippen LogP contribution in [-0.4, -0.2) is 42.7 Å². The highest BCUT2D eigenvalue weighted by molar-refractivity contribution is 7.09. The summed E-state index contributed by atoms with van der Waals surface area (Å²) >= 11 is 1.71. The lowest BCUT2D eigenvalue weighted by Gasteiger charge is -2.34. The van der Waals surface area contributed by atoms with Gasteiger partial charge in [0.2, 0.25) is 0 Å². The lowest BCUT2D eigenvalue weighted by Crippen LogP contribution is -2.42. The van der Waals surface area contributed by atoms with Gasteiger partial charge in [-0.3, -0.25) is 4.90 Å². The van der Waals surface area contributed by atoms with Crippen LogP contribution in [0.1, 0.15) is 43.6 Å². The van der Waals surface area contributed by atoms with Crippen LogP contribution < -0.4 is 5.32 Å². The molecular formula is C13H23N3OS. The molecule has 5 heteroatoms. The minimum Gasteiger partial charge on any atom is -0.368 e. The SMILES string of the molecule is CNC(C)c1csc(C2CN(C(C)C)CCO2)n1.